The van der Waals surface area contributed by atoms with Gasteiger partial charge in [0.25, 0.3) is 0 Å². The quantitative estimate of drug-likeness (QED) is 0.767. The smallest absolute Gasteiger partial charge is 0.118 e. The molecule has 0 unspecified atom stereocenters. The third-order valence-electron chi connectivity index (χ3n) is 2.89. The van der Waals surface area contributed by atoms with Crippen molar-refractivity contribution < 1.29 is 14.9 Å². The molecular formula is C14H22O3. The molecular weight excluding hydrogens is 216 g/mol. The molecule has 0 aliphatic rings. The number of aliphatic hydroxyl groups excluding tert-OH is 2. The van der Waals surface area contributed by atoms with E-state index in [2.05, 4.69) is 6.92 Å². The van der Waals surface area contributed by atoms with Crippen LogP contribution in [0.2, 0.25) is 0 Å². The molecule has 0 aromatic heterocycles. The number of benzene rings is 1. The summed E-state index contributed by atoms with van der Waals surface area (Å²) in [7, 11) is 1.61. The van der Waals surface area contributed by atoms with Crippen LogP contribution < -0.4 is 4.74 Å². The first-order valence-electron chi connectivity index (χ1n) is 6.17. The van der Waals surface area contributed by atoms with E-state index in [1.807, 2.05) is 24.3 Å². The van der Waals surface area contributed by atoms with Crippen LogP contribution in [0, 0.1) is 0 Å². The third kappa shape index (κ3) is 4.75. The molecule has 2 N–H and O–H groups in total. The highest BCUT2D eigenvalue weighted by Crippen LogP contribution is 2.22. The normalized spacial score (nSPS) is 14.4. The van der Waals surface area contributed by atoms with Crippen molar-refractivity contribution in [2.75, 3.05) is 7.11 Å². The minimum absolute atomic E-state index is 0.395. The van der Waals surface area contributed by atoms with Crippen molar-refractivity contribution in [3.8, 4) is 5.75 Å². The Balaban J connectivity index is 2.47. The SMILES string of the molecule is CCCC[C@H](O)C[C@H](O)c1ccc(OC)cc1. The Morgan fingerprint density at radius 1 is 1.18 bits per heavy atom. The van der Waals surface area contributed by atoms with E-state index in [0.717, 1.165) is 30.6 Å². The number of unbranched alkanes of at least 4 members (excludes halogenated alkanes) is 1. The molecule has 1 rings (SSSR count). The van der Waals surface area contributed by atoms with E-state index in [1.54, 1.807) is 7.11 Å². The van der Waals surface area contributed by atoms with Crippen molar-refractivity contribution >= 4 is 0 Å². The predicted molar refractivity (Wildman–Crippen MR) is 68.1 cm³/mol. The van der Waals surface area contributed by atoms with Gasteiger partial charge >= 0.3 is 0 Å². The molecule has 0 saturated heterocycles. The second kappa shape index (κ2) is 7.30. The van der Waals surface area contributed by atoms with Gasteiger partial charge in [-0.3, -0.25) is 0 Å². The zero-order chi connectivity index (χ0) is 12.7. The summed E-state index contributed by atoms with van der Waals surface area (Å²) in [6, 6.07) is 7.29. The van der Waals surface area contributed by atoms with Crippen molar-refractivity contribution in [1.29, 1.82) is 0 Å². The van der Waals surface area contributed by atoms with Gasteiger partial charge in [-0.1, -0.05) is 31.9 Å². The number of hydrogen-bond donors (Lipinski definition) is 2. The molecule has 1 aromatic carbocycles. The van der Waals surface area contributed by atoms with Crippen molar-refractivity contribution in [3.63, 3.8) is 0 Å². The highest BCUT2D eigenvalue weighted by atomic mass is 16.5. The molecule has 0 heterocycles. The lowest BCUT2D eigenvalue weighted by Gasteiger charge is -2.16. The molecule has 0 bridgehead atoms. The van der Waals surface area contributed by atoms with Crippen LogP contribution in [0.1, 0.15) is 44.3 Å². The molecule has 0 amide bonds. The molecule has 17 heavy (non-hydrogen) atoms. The lowest BCUT2D eigenvalue weighted by Crippen LogP contribution is -2.12. The molecule has 0 saturated carbocycles. The van der Waals surface area contributed by atoms with Gasteiger partial charge in [-0.05, 0) is 24.1 Å². The predicted octanol–water partition coefficient (Wildman–Crippen LogP) is 2.67. The van der Waals surface area contributed by atoms with Crippen LogP contribution in [-0.4, -0.2) is 23.4 Å². The average Bonchev–Trinajstić information content (AvgIpc) is 2.36. The first-order valence-corrected chi connectivity index (χ1v) is 6.17. The van der Waals surface area contributed by atoms with Gasteiger partial charge in [-0.25, -0.2) is 0 Å². The lowest BCUT2D eigenvalue weighted by atomic mass is 10.0. The summed E-state index contributed by atoms with van der Waals surface area (Å²) < 4.78 is 5.05. The van der Waals surface area contributed by atoms with Crippen LogP contribution in [0.15, 0.2) is 24.3 Å². The Morgan fingerprint density at radius 3 is 2.35 bits per heavy atom. The van der Waals surface area contributed by atoms with Crippen LogP contribution in [0.5, 0.6) is 5.75 Å². The molecule has 2 atom stereocenters. The molecule has 3 heteroatoms. The number of ether oxygens (including phenoxy) is 1. The van der Waals surface area contributed by atoms with Crippen LogP contribution in [0.4, 0.5) is 0 Å². The summed E-state index contributed by atoms with van der Waals surface area (Å²) in [5, 5.41) is 19.7. The van der Waals surface area contributed by atoms with Crippen molar-refractivity contribution in [1.82, 2.24) is 0 Å². The summed E-state index contributed by atoms with van der Waals surface area (Å²) in [6.07, 6.45) is 2.18. The summed E-state index contributed by atoms with van der Waals surface area (Å²) in [5.41, 5.74) is 0.821. The zero-order valence-electron chi connectivity index (χ0n) is 10.6. The average molecular weight is 238 g/mol. The Kier molecular flexibility index (Phi) is 6.01. The molecule has 0 aliphatic carbocycles. The fourth-order valence-corrected chi connectivity index (χ4v) is 1.78. The van der Waals surface area contributed by atoms with E-state index >= 15 is 0 Å². The Labute approximate surface area is 103 Å². The van der Waals surface area contributed by atoms with Gasteiger partial charge in [0, 0.05) is 6.42 Å². The highest BCUT2D eigenvalue weighted by Gasteiger charge is 2.13. The fourth-order valence-electron chi connectivity index (χ4n) is 1.78. The largest absolute Gasteiger partial charge is 0.497 e. The van der Waals surface area contributed by atoms with Gasteiger partial charge in [-0.15, -0.1) is 0 Å². The Morgan fingerprint density at radius 2 is 1.82 bits per heavy atom. The molecule has 96 valence electrons. The second-order valence-electron chi connectivity index (χ2n) is 4.32. The number of aliphatic hydroxyl groups is 2. The van der Waals surface area contributed by atoms with Crippen molar-refractivity contribution in [3.05, 3.63) is 29.8 Å². The first-order chi connectivity index (χ1) is 8.17. The van der Waals surface area contributed by atoms with E-state index in [4.69, 9.17) is 4.74 Å². The van der Waals surface area contributed by atoms with Crippen molar-refractivity contribution in [2.45, 2.75) is 44.8 Å². The maximum Gasteiger partial charge on any atom is 0.118 e. The van der Waals surface area contributed by atoms with Crippen LogP contribution in [0.25, 0.3) is 0 Å². The minimum Gasteiger partial charge on any atom is -0.497 e. The third-order valence-corrected chi connectivity index (χ3v) is 2.89. The van der Waals surface area contributed by atoms with Crippen LogP contribution in [-0.2, 0) is 0 Å². The second-order valence-corrected chi connectivity index (χ2v) is 4.32. The first kappa shape index (κ1) is 14.0. The van der Waals surface area contributed by atoms with E-state index in [0.29, 0.717) is 6.42 Å². The summed E-state index contributed by atoms with van der Waals surface area (Å²) in [5.74, 6) is 0.771. The number of rotatable bonds is 7. The van der Waals surface area contributed by atoms with Gasteiger partial charge in [0.1, 0.15) is 5.75 Å². The topological polar surface area (TPSA) is 49.7 Å². The summed E-state index contributed by atoms with van der Waals surface area (Å²) in [6.45, 7) is 2.09. The standard InChI is InChI=1S/C14H22O3/c1-3-4-5-12(15)10-14(16)11-6-8-13(17-2)9-7-11/h6-9,12,14-16H,3-5,10H2,1-2H3/t12-,14-/m0/s1. The fraction of sp³-hybridized carbons (Fsp3) is 0.571. The molecule has 0 spiro atoms. The van der Waals surface area contributed by atoms with Gasteiger partial charge < -0.3 is 14.9 Å². The van der Waals surface area contributed by atoms with Crippen LogP contribution >= 0.6 is 0 Å². The van der Waals surface area contributed by atoms with E-state index < -0.39 is 12.2 Å². The summed E-state index contributed by atoms with van der Waals surface area (Å²) in [4.78, 5) is 0. The van der Waals surface area contributed by atoms with Crippen LogP contribution in [0.3, 0.4) is 0 Å². The van der Waals surface area contributed by atoms with E-state index in [-0.39, 0.29) is 0 Å². The number of methoxy groups -OCH3 is 1. The molecule has 0 radical (unpaired) electrons. The summed E-state index contributed by atoms with van der Waals surface area (Å²) >= 11 is 0. The Hall–Kier alpha value is -1.06. The van der Waals surface area contributed by atoms with E-state index in [9.17, 15) is 10.2 Å². The van der Waals surface area contributed by atoms with Gasteiger partial charge in [0.05, 0.1) is 19.3 Å². The highest BCUT2D eigenvalue weighted by molar-refractivity contribution is 5.28. The maximum absolute atomic E-state index is 9.95. The van der Waals surface area contributed by atoms with E-state index in [1.165, 1.54) is 0 Å². The molecule has 0 aliphatic heterocycles. The minimum atomic E-state index is -0.604. The Bertz CT molecular complexity index is 308. The van der Waals surface area contributed by atoms with Gasteiger partial charge in [-0.2, -0.15) is 0 Å². The van der Waals surface area contributed by atoms with Gasteiger partial charge in [0.15, 0.2) is 0 Å². The van der Waals surface area contributed by atoms with Gasteiger partial charge in [0.2, 0.25) is 0 Å². The van der Waals surface area contributed by atoms with Crippen molar-refractivity contribution in [2.24, 2.45) is 0 Å². The monoisotopic (exact) mass is 238 g/mol. The molecule has 0 fully saturated rings. The molecule has 3 nitrogen and oxygen atoms in total. The maximum atomic E-state index is 9.95. The lowest BCUT2D eigenvalue weighted by molar-refractivity contribution is 0.0742. The molecule has 1 aromatic rings. The number of hydrogen-bond acceptors (Lipinski definition) is 3. The zero-order valence-corrected chi connectivity index (χ0v) is 10.6.